The third kappa shape index (κ3) is 4.03. The normalized spacial score (nSPS) is 15.7. The summed E-state index contributed by atoms with van der Waals surface area (Å²) in [6.07, 6.45) is 0.991. The molecule has 1 aliphatic heterocycles. The van der Waals surface area contributed by atoms with Crippen LogP contribution in [0.3, 0.4) is 0 Å². The summed E-state index contributed by atoms with van der Waals surface area (Å²) in [6.45, 7) is 2.57. The van der Waals surface area contributed by atoms with Crippen LogP contribution < -0.4 is 0 Å². The Morgan fingerprint density at radius 2 is 1.68 bits per heavy atom. The molecule has 0 aromatic heterocycles. The van der Waals surface area contributed by atoms with Crippen LogP contribution in [0.15, 0.2) is 54.6 Å². The van der Waals surface area contributed by atoms with Crippen LogP contribution in [-0.2, 0) is 26.3 Å². The zero-order valence-electron chi connectivity index (χ0n) is 15.7. The van der Waals surface area contributed by atoms with Crippen molar-refractivity contribution in [2.75, 3.05) is 13.1 Å². The Morgan fingerprint density at radius 1 is 1.07 bits per heavy atom. The Morgan fingerprint density at radius 3 is 2.21 bits per heavy atom. The number of amides is 1. The summed E-state index contributed by atoms with van der Waals surface area (Å²) < 4.78 is 5.61. The first-order valence-electron chi connectivity index (χ1n) is 9.14. The van der Waals surface area contributed by atoms with Gasteiger partial charge < -0.3 is 9.64 Å². The number of esters is 1. The number of piperidine rings is 1. The first kappa shape index (κ1) is 19.5. The molecule has 1 amide bonds. The number of carbonyl (C=O) groups is 2. The van der Waals surface area contributed by atoms with E-state index in [1.807, 2.05) is 30.3 Å². The second kappa shape index (κ2) is 8.21. The number of benzene rings is 2. The minimum absolute atomic E-state index is 0.000842. The van der Waals surface area contributed by atoms with Gasteiger partial charge in [-0.3, -0.25) is 19.7 Å². The molecule has 0 atom stereocenters. The van der Waals surface area contributed by atoms with E-state index in [4.69, 9.17) is 4.74 Å². The lowest BCUT2D eigenvalue weighted by atomic mass is 9.72. The minimum Gasteiger partial charge on any atom is -0.460 e. The minimum atomic E-state index is -0.798. The highest BCUT2D eigenvalue weighted by Crippen LogP contribution is 2.37. The van der Waals surface area contributed by atoms with Crippen molar-refractivity contribution in [3.05, 3.63) is 75.8 Å². The third-order valence-corrected chi connectivity index (χ3v) is 5.30. The maximum absolute atomic E-state index is 13.1. The molecule has 3 rings (SSSR count). The summed E-state index contributed by atoms with van der Waals surface area (Å²) in [5.74, 6) is -0.332. The quantitative estimate of drug-likeness (QED) is 0.450. The van der Waals surface area contributed by atoms with Gasteiger partial charge in [-0.25, -0.2) is 0 Å². The van der Waals surface area contributed by atoms with E-state index in [9.17, 15) is 19.7 Å². The number of nitro groups is 1. The van der Waals surface area contributed by atoms with E-state index in [0.717, 1.165) is 5.56 Å². The molecule has 0 radical (unpaired) electrons. The van der Waals surface area contributed by atoms with E-state index >= 15 is 0 Å². The van der Waals surface area contributed by atoms with Gasteiger partial charge in [0.25, 0.3) is 5.69 Å². The molecule has 28 heavy (non-hydrogen) atoms. The van der Waals surface area contributed by atoms with Crippen molar-refractivity contribution < 1.29 is 19.2 Å². The van der Waals surface area contributed by atoms with E-state index in [1.54, 1.807) is 17.0 Å². The topological polar surface area (TPSA) is 89.8 Å². The number of nitro benzene ring substituents is 1. The fourth-order valence-electron chi connectivity index (χ4n) is 3.57. The monoisotopic (exact) mass is 382 g/mol. The van der Waals surface area contributed by atoms with Gasteiger partial charge in [-0.05, 0) is 36.1 Å². The average Bonchev–Trinajstić information content (AvgIpc) is 2.72. The summed E-state index contributed by atoms with van der Waals surface area (Å²) in [5.41, 5.74) is 0.760. The van der Waals surface area contributed by atoms with Crippen LogP contribution in [0.2, 0.25) is 0 Å². The zero-order chi connectivity index (χ0) is 20.1. The van der Waals surface area contributed by atoms with Gasteiger partial charge in [0, 0.05) is 32.1 Å². The average molecular weight is 382 g/mol. The van der Waals surface area contributed by atoms with Crippen LogP contribution in [-0.4, -0.2) is 34.8 Å². The van der Waals surface area contributed by atoms with Gasteiger partial charge in [0.1, 0.15) is 6.61 Å². The van der Waals surface area contributed by atoms with E-state index < -0.39 is 10.3 Å². The number of carbonyl (C=O) groups excluding carboxylic acids is 2. The van der Waals surface area contributed by atoms with Gasteiger partial charge in [-0.15, -0.1) is 0 Å². The van der Waals surface area contributed by atoms with Crippen LogP contribution in [0, 0.1) is 10.1 Å². The Labute approximate surface area is 163 Å². The van der Waals surface area contributed by atoms with E-state index in [2.05, 4.69) is 0 Å². The smallest absolute Gasteiger partial charge is 0.317 e. The van der Waals surface area contributed by atoms with Gasteiger partial charge in [0.05, 0.1) is 10.3 Å². The third-order valence-electron chi connectivity index (χ3n) is 5.30. The van der Waals surface area contributed by atoms with Gasteiger partial charge in [-0.1, -0.05) is 30.3 Å². The molecule has 2 aromatic carbocycles. The molecule has 7 nitrogen and oxygen atoms in total. The molecular formula is C21H22N2O5. The van der Waals surface area contributed by atoms with Gasteiger partial charge >= 0.3 is 5.97 Å². The maximum Gasteiger partial charge on any atom is 0.317 e. The molecule has 1 heterocycles. The maximum atomic E-state index is 13.1. The van der Waals surface area contributed by atoms with Crippen LogP contribution in [0.25, 0.3) is 0 Å². The predicted molar refractivity (Wildman–Crippen MR) is 103 cm³/mol. The lowest BCUT2D eigenvalue weighted by Crippen LogP contribution is -2.49. The van der Waals surface area contributed by atoms with Gasteiger partial charge in [0.2, 0.25) is 5.91 Å². The molecule has 1 fully saturated rings. The highest BCUT2D eigenvalue weighted by Gasteiger charge is 2.44. The standard InChI is InChI=1S/C21H22N2O5/c1-16(24)22-13-11-21(12-14-22,18-5-3-2-4-6-18)20(25)28-15-17-7-9-19(10-8-17)23(26)27/h2-10H,11-15H2,1H3. The number of non-ortho nitro benzene ring substituents is 1. The molecule has 146 valence electrons. The van der Waals surface area contributed by atoms with E-state index in [1.165, 1.54) is 19.1 Å². The fraction of sp³-hybridized carbons (Fsp3) is 0.333. The number of likely N-dealkylation sites (tertiary alicyclic amines) is 1. The van der Waals surface area contributed by atoms with Crippen molar-refractivity contribution in [1.29, 1.82) is 0 Å². The molecule has 7 heteroatoms. The molecule has 2 aromatic rings. The summed E-state index contributed by atoms with van der Waals surface area (Å²) in [6, 6.07) is 15.4. The van der Waals surface area contributed by atoms with Crippen molar-refractivity contribution in [2.24, 2.45) is 0 Å². The molecule has 0 saturated carbocycles. The SMILES string of the molecule is CC(=O)N1CCC(C(=O)OCc2ccc([N+](=O)[O-])cc2)(c2ccccc2)CC1. The van der Waals surface area contributed by atoms with Crippen LogP contribution in [0.4, 0.5) is 5.69 Å². The summed E-state index contributed by atoms with van der Waals surface area (Å²) in [5, 5.41) is 10.8. The molecule has 0 N–H and O–H groups in total. The first-order chi connectivity index (χ1) is 13.4. The van der Waals surface area contributed by atoms with Crippen molar-refractivity contribution in [1.82, 2.24) is 4.90 Å². The van der Waals surface area contributed by atoms with Crippen molar-refractivity contribution in [3.8, 4) is 0 Å². The Balaban J connectivity index is 1.76. The van der Waals surface area contributed by atoms with E-state index in [0.29, 0.717) is 31.5 Å². The lowest BCUT2D eigenvalue weighted by molar-refractivity contribution is -0.384. The second-order valence-electron chi connectivity index (χ2n) is 6.95. The summed E-state index contributed by atoms with van der Waals surface area (Å²) in [4.78, 5) is 36.8. The summed E-state index contributed by atoms with van der Waals surface area (Å²) >= 11 is 0. The molecule has 0 aliphatic carbocycles. The summed E-state index contributed by atoms with van der Waals surface area (Å²) in [7, 11) is 0. The Bertz CT molecular complexity index is 856. The zero-order valence-corrected chi connectivity index (χ0v) is 15.7. The van der Waals surface area contributed by atoms with Gasteiger partial charge in [-0.2, -0.15) is 0 Å². The Kier molecular flexibility index (Phi) is 5.73. The molecular weight excluding hydrogens is 360 g/mol. The number of ether oxygens (including phenoxy) is 1. The number of nitrogens with zero attached hydrogens (tertiary/aromatic N) is 2. The highest BCUT2D eigenvalue weighted by molar-refractivity contribution is 5.84. The van der Waals surface area contributed by atoms with E-state index in [-0.39, 0.29) is 24.2 Å². The lowest BCUT2D eigenvalue weighted by Gasteiger charge is -2.40. The molecule has 1 saturated heterocycles. The van der Waals surface area contributed by atoms with Crippen molar-refractivity contribution in [2.45, 2.75) is 31.8 Å². The number of hydrogen-bond donors (Lipinski definition) is 0. The fourth-order valence-corrected chi connectivity index (χ4v) is 3.57. The van der Waals surface area contributed by atoms with Crippen LogP contribution in [0.5, 0.6) is 0 Å². The van der Waals surface area contributed by atoms with Crippen LogP contribution >= 0.6 is 0 Å². The van der Waals surface area contributed by atoms with Crippen LogP contribution in [0.1, 0.15) is 30.9 Å². The number of hydrogen-bond acceptors (Lipinski definition) is 5. The predicted octanol–water partition coefficient (Wildman–Crippen LogP) is 3.22. The largest absolute Gasteiger partial charge is 0.460 e. The van der Waals surface area contributed by atoms with Crippen molar-refractivity contribution in [3.63, 3.8) is 0 Å². The molecule has 1 aliphatic rings. The molecule has 0 spiro atoms. The molecule has 0 unspecified atom stereocenters. The number of rotatable bonds is 5. The van der Waals surface area contributed by atoms with Gasteiger partial charge in [0.15, 0.2) is 0 Å². The Hall–Kier alpha value is -3.22. The molecule has 0 bridgehead atoms. The first-order valence-corrected chi connectivity index (χ1v) is 9.14. The highest BCUT2D eigenvalue weighted by atomic mass is 16.6. The van der Waals surface area contributed by atoms with Crippen molar-refractivity contribution >= 4 is 17.6 Å². The second-order valence-corrected chi connectivity index (χ2v) is 6.95.